The zero-order valence-corrected chi connectivity index (χ0v) is 16.9. The number of hydrazine groups is 1. The number of hydrogen-bond acceptors (Lipinski definition) is 6. The number of amides is 1. The molecule has 0 fully saturated rings. The second-order valence-electron chi connectivity index (χ2n) is 6.35. The van der Waals surface area contributed by atoms with Gasteiger partial charge in [0.1, 0.15) is 0 Å². The van der Waals surface area contributed by atoms with Gasteiger partial charge in [-0.1, -0.05) is 52.7 Å². The second kappa shape index (κ2) is 9.68. The van der Waals surface area contributed by atoms with Crippen molar-refractivity contribution >= 4 is 35.1 Å². The number of carboxylic acids is 1. The Morgan fingerprint density at radius 3 is 2.57 bits per heavy atom. The van der Waals surface area contributed by atoms with E-state index >= 15 is 0 Å². The standard InChI is InChI=1S/C19H17Cl2N5O4/c20-14-3-1-2-11(6-14)12-4-5-13(15(21)7-12)9-26(10-17(27)19(29)30)24-18(28)16-8-22-25-23-16/h1-8,17,27H,9-10H2,(H,24,28)(H,29,30)(H,22,23,25). The molecule has 0 saturated carbocycles. The molecule has 30 heavy (non-hydrogen) atoms. The fraction of sp³-hybridized carbons (Fsp3) is 0.158. The number of aromatic nitrogens is 3. The van der Waals surface area contributed by atoms with E-state index in [0.29, 0.717) is 15.6 Å². The summed E-state index contributed by atoms with van der Waals surface area (Å²) in [6, 6.07) is 12.6. The molecule has 11 heteroatoms. The van der Waals surface area contributed by atoms with Crippen molar-refractivity contribution in [3.63, 3.8) is 0 Å². The molecule has 1 heterocycles. The number of aliphatic carboxylic acids is 1. The van der Waals surface area contributed by atoms with Crippen LogP contribution in [-0.4, -0.2) is 55.2 Å². The molecule has 0 radical (unpaired) electrons. The Morgan fingerprint density at radius 2 is 1.93 bits per heavy atom. The first-order valence-electron chi connectivity index (χ1n) is 8.71. The van der Waals surface area contributed by atoms with Crippen LogP contribution in [0.15, 0.2) is 48.7 Å². The highest BCUT2D eigenvalue weighted by Crippen LogP contribution is 2.28. The molecule has 0 spiro atoms. The first-order valence-corrected chi connectivity index (χ1v) is 9.46. The molecule has 3 rings (SSSR count). The Bertz CT molecular complexity index is 1050. The van der Waals surface area contributed by atoms with E-state index in [4.69, 9.17) is 28.3 Å². The monoisotopic (exact) mass is 449 g/mol. The van der Waals surface area contributed by atoms with Gasteiger partial charge in [0.2, 0.25) is 0 Å². The summed E-state index contributed by atoms with van der Waals surface area (Å²) in [7, 11) is 0. The van der Waals surface area contributed by atoms with Crippen LogP contribution >= 0.6 is 23.2 Å². The Kier molecular flexibility index (Phi) is 7.01. The second-order valence-corrected chi connectivity index (χ2v) is 7.19. The summed E-state index contributed by atoms with van der Waals surface area (Å²) in [6.45, 7) is -0.326. The summed E-state index contributed by atoms with van der Waals surface area (Å²) >= 11 is 12.5. The third kappa shape index (κ3) is 5.55. The van der Waals surface area contributed by atoms with Gasteiger partial charge in [0.05, 0.1) is 12.7 Å². The topological polar surface area (TPSA) is 131 Å². The van der Waals surface area contributed by atoms with Gasteiger partial charge in [-0.3, -0.25) is 15.3 Å². The summed E-state index contributed by atoms with van der Waals surface area (Å²) in [6.07, 6.45) is -0.430. The van der Waals surface area contributed by atoms with Crippen molar-refractivity contribution in [1.29, 1.82) is 0 Å². The maximum atomic E-state index is 12.3. The molecule has 1 amide bonds. The highest BCUT2D eigenvalue weighted by Gasteiger charge is 2.22. The predicted molar refractivity (Wildman–Crippen MR) is 110 cm³/mol. The van der Waals surface area contributed by atoms with E-state index in [1.807, 2.05) is 18.2 Å². The van der Waals surface area contributed by atoms with Crippen LogP contribution in [0.4, 0.5) is 0 Å². The SMILES string of the molecule is O=C(NN(Cc1ccc(-c2cccc(Cl)c2)cc1Cl)CC(O)C(=O)O)c1c[nH]nn1. The maximum absolute atomic E-state index is 12.3. The number of nitrogens with zero attached hydrogens (tertiary/aromatic N) is 3. The average Bonchev–Trinajstić information content (AvgIpc) is 3.24. The number of aromatic amines is 1. The van der Waals surface area contributed by atoms with Crippen LogP contribution in [0.25, 0.3) is 11.1 Å². The summed E-state index contributed by atoms with van der Waals surface area (Å²) in [5, 5.41) is 30.4. The number of H-pyrrole nitrogens is 1. The highest BCUT2D eigenvalue weighted by atomic mass is 35.5. The maximum Gasteiger partial charge on any atom is 0.333 e. The number of aliphatic hydroxyl groups excluding tert-OH is 1. The first-order chi connectivity index (χ1) is 14.3. The minimum absolute atomic E-state index is 0.00668. The molecule has 0 saturated heterocycles. The lowest BCUT2D eigenvalue weighted by Gasteiger charge is -2.24. The quantitative estimate of drug-likeness (QED) is 0.388. The smallest absolute Gasteiger partial charge is 0.333 e. The minimum atomic E-state index is -1.72. The molecule has 156 valence electrons. The third-order valence-electron chi connectivity index (χ3n) is 4.16. The van der Waals surface area contributed by atoms with E-state index in [-0.39, 0.29) is 18.8 Å². The molecule has 3 aromatic rings. The lowest BCUT2D eigenvalue weighted by atomic mass is 10.0. The van der Waals surface area contributed by atoms with Crippen molar-refractivity contribution in [2.75, 3.05) is 6.54 Å². The van der Waals surface area contributed by atoms with Crippen LogP contribution in [0.1, 0.15) is 16.1 Å². The van der Waals surface area contributed by atoms with Gasteiger partial charge in [0.15, 0.2) is 11.8 Å². The Balaban J connectivity index is 1.80. The van der Waals surface area contributed by atoms with Gasteiger partial charge in [-0.2, -0.15) is 0 Å². The predicted octanol–water partition coefficient (Wildman–Crippen LogP) is 2.37. The molecule has 0 aliphatic carbocycles. The van der Waals surface area contributed by atoms with Crippen molar-refractivity contribution in [2.45, 2.75) is 12.6 Å². The number of carbonyl (C=O) groups excluding carboxylic acids is 1. The molecule has 1 aromatic heterocycles. The number of hydrogen-bond donors (Lipinski definition) is 4. The van der Waals surface area contributed by atoms with Crippen molar-refractivity contribution in [2.24, 2.45) is 0 Å². The third-order valence-corrected chi connectivity index (χ3v) is 4.75. The number of rotatable bonds is 8. The normalized spacial score (nSPS) is 12.0. The molecule has 1 unspecified atom stereocenters. The van der Waals surface area contributed by atoms with Crippen LogP contribution in [0.2, 0.25) is 10.0 Å². The number of carbonyl (C=O) groups is 2. The number of benzene rings is 2. The molecule has 4 N–H and O–H groups in total. The average molecular weight is 450 g/mol. The molecular weight excluding hydrogens is 433 g/mol. The van der Waals surface area contributed by atoms with E-state index in [1.165, 1.54) is 11.2 Å². The number of halogens is 2. The molecular formula is C19H17Cl2N5O4. The van der Waals surface area contributed by atoms with Gasteiger partial charge in [0.25, 0.3) is 5.91 Å². The van der Waals surface area contributed by atoms with E-state index in [9.17, 15) is 14.7 Å². The minimum Gasteiger partial charge on any atom is -0.479 e. The van der Waals surface area contributed by atoms with Gasteiger partial charge < -0.3 is 10.2 Å². The zero-order chi connectivity index (χ0) is 21.7. The molecule has 0 aliphatic heterocycles. The molecule has 2 aromatic carbocycles. The first kappa shape index (κ1) is 21.7. The van der Waals surface area contributed by atoms with Crippen LogP contribution in [0.5, 0.6) is 0 Å². The van der Waals surface area contributed by atoms with Crippen LogP contribution in [-0.2, 0) is 11.3 Å². The van der Waals surface area contributed by atoms with Gasteiger partial charge in [-0.15, -0.1) is 5.10 Å². The van der Waals surface area contributed by atoms with Gasteiger partial charge >= 0.3 is 5.97 Å². The lowest BCUT2D eigenvalue weighted by Crippen LogP contribution is -2.47. The number of carboxylic acid groups (broad SMARTS) is 1. The molecule has 1 atom stereocenters. The highest BCUT2D eigenvalue weighted by molar-refractivity contribution is 6.32. The Labute approximate surface area is 181 Å². The van der Waals surface area contributed by atoms with E-state index in [0.717, 1.165) is 11.1 Å². The van der Waals surface area contributed by atoms with Crippen LogP contribution in [0, 0.1) is 0 Å². The summed E-state index contributed by atoms with van der Waals surface area (Å²) in [5.74, 6) is -2.04. The van der Waals surface area contributed by atoms with Crippen molar-refractivity contribution in [3.8, 4) is 11.1 Å². The van der Waals surface area contributed by atoms with E-state index in [1.54, 1.807) is 24.3 Å². The van der Waals surface area contributed by atoms with E-state index < -0.39 is 18.0 Å². The zero-order valence-electron chi connectivity index (χ0n) is 15.4. The fourth-order valence-electron chi connectivity index (χ4n) is 2.68. The summed E-state index contributed by atoms with van der Waals surface area (Å²) < 4.78 is 0. The van der Waals surface area contributed by atoms with Crippen LogP contribution < -0.4 is 5.43 Å². The summed E-state index contributed by atoms with van der Waals surface area (Å²) in [5.41, 5.74) is 4.85. The molecule has 9 nitrogen and oxygen atoms in total. The summed E-state index contributed by atoms with van der Waals surface area (Å²) in [4.78, 5) is 23.3. The Morgan fingerprint density at radius 1 is 1.17 bits per heavy atom. The van der Waals surface area contributed by atoms with Gasteiger partial charge in [-0.05, 0) is 34.9 Å². The largest absolute Gasteiger partial charge is 0.479 e. The molecule has 0 bridgehead atoms. The van der Waals surface area contributed by atoms with Gasteiger partial charge in [0, 0.05) is 16.6 Å². The fourth-order valence-corrected chi connectivity index (χ4v) is 3.11. The van der Waals surface area contributed by atoms with Crippen molar-refractivity contribution in [1.82, 2.24) is 25.8 Å². The van der Waals surface area contributed by atoms with Crippen LogP contribution in [0.3, 0.4) is 0 Å². The molecule has 0 aliphatic rings. The lowest BCUT2D eigenvalue weighted by molar-refractivity contribution is -0.148. The Hall–Kier alpha value is -2.98. The number of nitrogens with one attached hydrogen (secondary N) is 2. The van der Waals surface area contributed by atoms with E-state index in [2.05, 4.69) is 20.8 Å². The number of aliphatic hydroxyl groups is 1. The van der Waals surface area contributed by atoms with Gasteiger partial charge in [-0.25, -0.2) is 9.80 Å². The van der Waals surface area contributed by atoms with Crippen molar-refractivity contribution in [3.05, 3.63) is 70.0 Å². The van der Waals surface area contributed by atoms with Crippen molar-refractivity contribution < 1.29 is 19.8 Å².